The summed E-state index contributed by atoms with van der Waals surface area (Å²) < 4.78 is 0. The molecule has 0 aromatic heterocycles. The molecular weight excluding hydrogens is 210 g/mol. The Morgan fingerprint density at radius 1 is 1.44 bits per heavy atom. The molecule has 0 radical (unpaired) electrons. The van der Waals surface area contributed by atoms with E-state index in [1.807, 2.05) is 6.92 Å². The zero-order chi connectivity index (χ0) is 12.3. The molecule has 3 amide bonds. The van der Waals surface area contributed by atoms with E-state index in [9.17, 15) is 14.4 Å². The molecule has 6 nitrogen and oxygen atoms in total. The fraction of sp³-hybridized carbons (Fsp3) is 0.700. The van der Waals surface area contributed by atoms with Gasteiger partial charge in [0.1, 0.15) is 6.04 Å². The molecule has 0 spiro atoms. The number of likely N-dealkylation sites (N-methyl/N-ethyl adjacent to an activating group) is 1. The summed E-state index contributed by atoms with van der Waals surface area (Å²) >= 11 is 0. The Kier molecular flexibility index (Phi) is 4.00. The second kappa shape index (κ2) is 5.07. The Hall–Kier alpha value is -1.43. The largest absolute Gasteiger partial charge is 0.368 e. The van der Waals surface area contributed by atoms with Crippen LogP contribution in [0.5, 0.6) is 0 Å². The standard InChI is InChI=1S/C10H17N3O3/c1-3-12-9(10(11)16)6(2)13-7(14)4-5-8(13)15/h6,9,12H,3-5H2,1-2H3,(H2,11,16). The number of nitrogens with zero attached hydrogens (tertiary/aromatic N) is 1. The maximum Gasteiger partial charge on any atom is 0.236 e. The molecule has 6 heteroatoms. The molecule has 1 heterocycles. The molecule has 1 aliphatic rings. The lowest BCUT2D eigenvalue weighted by Gasteiger charge is -2.28. The van der Waals surface area contributed by atoms with E-state index >= 15 is 0 Å². The highest BCUT2D eigenvalue weighted by atomic mass is 16.2. The molecule has 0 bridgehead atoms. The maximum absolute atomic E-state index is 11.5. The van der Waals surface area contributed by atoms with Gasteiger partial charge in [-0.25, -0.2) is 0 Å². The van der Waals surface area contributed by atoms with Crippen molar-refractivity contribution in [2.45, 2.75) is 38.8 Å². The lowest BCUT2D eigenvalue weighted by Crippen LogP contribution is -2.56. The topological polar surface area (TPSA) is 92.5 Å². The van der Waals surface area contributed by atoms with Crippen molar-refractivity contribution in [1.29, 1.82) is 0 Å². The highest BCUT2D eigenvalue weighted by Crippen LogP contribution is 2.17. The van der Waals surface area contributed by atoms with Crippen molar-refractivity contribution in [3.8, 4) is 0 Å². The molecule has 2 unspecified atom stereocenters. The zero-order valence-electron chi connectivity index (χ0n) is 9.53. The Balaban J connectivity index is 2.80. The Bertz CT molecular complexity index is 300. The molecule has 0 aliphatic carbocycles. The van der Waals surface area contributed by atoms with E-state index in [1.54, 1.807) is 6.92 Å². The van der Waals surface area contributed by atoms with Gasteiger partial charge in [0.15, 0.2) is 0 Å². The van der Waals surface area contributed by atoms with E-state index in [4.69, 9.17) is 5.73 Å². The Morgan fingerprint density at radius 2 is 1.94 bits per heavy atom. The number of hydrogen-bond donors (Lipinski definition) is 2. The highest BCUT2D eigenvalue weighted by Gasteiger charge is 2.37. The number of carbonyl (C=O) groups is 3. The van der Waals surface area contributed by atoms with E-state index in [-0.39, 0.29) is 24.7 Å². The molecule has 16 heavy (non-hydrogen) atoms. The fourth-order valence-corrected chi connectivity index (χ4v) is 1.93. The van der Waals surface area contributed by atoms with E-state index in [2.05, 4.69) is 5.32 Å². The van der Waals surface area contributed by atoms with Gasteiger partial charge in [0.05, 0.1) is 6.04 Å². The molecule has 1 saturated heterocycles. The van der Waals surface area contributed by atoms with Gasteiger partial charge in [0.2, 0.25) is 17.7 Å². The summed E-state index contributed by atoms with van der Waals surface area (Å²) in [6.45, 7) is 4.03. The molecular formula is C10H17N3O3. The molecule has 90 valence electrons. The van der Waals surface area contributed by atoms with Crippen molar-refractivity contribution in [2.24, 2.45) is 5.73 Å². The number of rotatable bonds is 5. The van der Waals surface area contributed by atoms with E-state index in [0.717, 1.165) is 4.90 Å². The minimum Gasteiger partial charge on any atom is -0.368 e. The SMILES string of the molecule is CCNC(C(N)=O)C(C)N1C(=O)CCC1=O. The number of nitrogens with one attached hydrogen (secondary N) is 1. The normalized spacial score (nSPS) is 20.0. The summed E-state index contributed by atoms with van der Waals surface area (Å²) in [6.07, 6.45) is 0.446. The van der Waals surface area contributed by atoms with Crippen LogP contribution in [0, 0.1) is 0 Å². The van der Waals surface area contributed by atoms with Crippen LogP contribution in [0.1, 0.15) is 26.7 Å². The number of carbonyl (C=O) groups excluding carboxylic acids is 3. The van der Waals surface area contributed by atoms with E-state index < -0.39 is 18.0 Å². The van der Waals surface area contributed by atoms with Crippen molar-refractivity contribution in [1.82, 2.24) is 10.2 Å². The second-order valence-corrected chi connectivity index (χ2v) is 3.84. The molecule has 0 aromatic rings. The van der Waals surface area contributed by atoms with Crippen molar-refractivity contribution < 1.29 is 14.4 Å². The predicted octanol–water partition coefficient (Wildman–Crippen LogP) is -1.01. The highest BCUT2D eigenvalue weighted by molar-refractivity contribution is 6.02. The maximum atomic E-state index is 11.5. The van der Waals surface area contributed by atoms with Crippen LogP contribution in [0.25, 0.3) is 0 Å². The third-order valence-electron chi connectivity index (χ3n) is 2.71. The number of likely N-dealkylation sites (tertiary alicyclic amines) is 1. The van der Waals surface area contributed by atoms with Gasteiger partial charge in [0.25, 0.3) is 0 Å². The first-order valence-electron chi connectivity index (χ1n) is 5.36. The molecule has 1 fully saturated rings. The van der Waals surface area contributed by atoms with Crippen LogP contribution in [-0.2, 0) is 14.4 Å². The quantitative estimate of drug-likeness (QED) is 0.588. The van der Waals surface area contributed by atoms with Crippen molar-refractivity contribution in [2.75, 3.05) is 6.54 Å². The molecule has 0 saturated carbocycles. The number of primary amides is 1. The third-order valence-corrected chi connectivity index (χ3v) is 2.71. The summed E-state index contributed by atoms with van der Waals surface area (Å²) in [5, 5.41) is 2.88. The minimum atomic E-state index is -0.684. The van der Waals surface area contributed by atoms with Gasteiger partial charge in [-0.2, -0.15) is 0 Å². The first kappa shape index (κ1) is 12.6. The van der Waals surface area contributed by atoms with Crippen LogP contribution in [-0.4, -0.2) is 41.2 Å². The van der Waals surface area contributed by atoms with Crippen LogP contribution < -0.4 is 11.1 Å². The smallest absolute Gasteiger partial charge is 0.236 e. The van der Waals surface area contributed by atoms with Gasteiger partial charge in [-0.1, -0.05) is 6.92 Å². The average molecular weight is 227 g/mol. The van der Waals surface area contributed by atoms with Gasteiger partial charge < -0.3 is 11.1 Å². The van der Waals surface area contributed by atoms with Crippen LogP contribution >= 0.6 is 0 Å². The van der Waals surface area contributed by atoms with Crippen LogP contribution in [0.2, 0.25) is 0 Å². The first-order valence-corrected chi connectivity index (χ1v) is 5.36. The average Bonchev–Trinajstić information content (AvgIpc) is 2.54. The zero-order valence-corrected chi connectivity index (χ0v) is 9.53. The molecule has 2 atom stereocenters. The predicted molar refractivity (Wildman–Crippen MR) is 57.2 cm³/mol. The van der Waals surface area contributed by atoms with Gasteiger partial charge in [-0.15, -0.1) is 0 Å². The van der Waals surface area contributed by atoms with Gasteiger partial charge in [0, 0.05) is 12.8 Å². The van der Waals surface area contributed by atoms with Crippen LogP contribution in [0.4, 0.5) is 0 Å². The Morgan fingerprint density at radius 3 is 2.31 bits per heavy atom. The van der Waals surface area contributed by atoms with Crippen molar-refractivity contribution in [3.63, 3.8) is 0 Å². The van der Waals surface area contributed by atoms with Crippen molar-refractivity contribution in [3.05, 3.63) is 0 Å². The van der Waals surface area contributed by atoms with Crippen LogP contribution in [0.3, 0.4) is 0 Å². The number of imide groups is 1. The third kappa shape index (κ3) is 2.38. The fourth-order valence-electron chi connectivity index (χ4n) is 1.93. The summed E-state index contributed by atoms with van der Waals surface area (Å²) in [4.78, 5) is 35.3. The molecule has 1 aliphatic heterocycles. The summed E-state index contributed by atoms with van der Waals surface area (Å²) in [5.74, 6) is -1.02. The number of amides is 3. The summed E-state index contributed by atoms with van der Waals surface area (Å²) in [6, 6.07) is -1.21. The monoisotopic (exact) mass is 227 g/mol. The molecule has 3 N–H and O–H groups in total. The van der Waals surface area contributed by atoms with Crippen LogP contribution in [0.15, 0.2) is 0 Å². The van der Waals surface area contributed by atoms with Gasteiger partial charge >= 0.3 is 0 Å². The van der Waals surface area contributed by atoms with Gasteiger partial charge in [-0.05, 0) is 13.5 Å². The lowest BCUT2D eigenvalue weighted by atomic mass is 10.1. The van der Waals surface area contributed by atoms with E-state index in [1.165, 1.54) is 0 Å². The second-order valence-electron chi connectivity index (χ2n) is 3.84. The minimum absolute atomic E-state index is 0.223. The first-order chi connectivity index (χ1) is 7.49. The van der Waals surface area contributed by atoms with E-state index in [0.29, 0.717) is 6.54 Å². The molecule has 0 aromatic carbocycles. The van der Waals surface area contributed by atoms with Gasteiger partial charge in [-0.3, -0.25) is 19.3 Å². The number of hydrogen-bond acceptors (Lipinski definition) is 4. The number of nitrogens with two attached hydrogens (primary N) is 1. The summed E-state index contributed by atoms with van der Waals surface area (Å²) in [5.41, 5.74) is 5.23. The molecule has 1 rings (SSSR count). The van der Waals surface area contributed by atoms with Crippen molar-refractivity contribution >= 4 is 17.7 Å². The summed E-state index contributed by atoms with van der Waals surface area (Å²) in [7, 11) is 0. The Labute approximate surface area is 94.2 Å². The lowest BCUT2D eigenvalue weighted by molar-refractivity contribution is -0.142.